The lowest BCUT2D eigenvalue weighted by atomic mass is 10.0. The van der Waals surface area contributed by atoms with Gasteiger partial charge in [0.25, 0.3) is 11.5 Å². The SMILES string of the molecule is Cc1c(N2Cc3ccccc3C2CN(C)c2cccc(C(=O)N3CCN(c4ccccn4)CC3)c2)cn[nH]c1=O. The minimum absolute atomic E-state index is 0.0301. The van der Waals surface area contributed by atoms with Crippen LogP contribution in [0.3, 0.4) is 0 Å². The molecule has 2 aromatic carbocycles. The molecule has 40 heavy (non-hydrogen) atoms. The van der Waals surface area contributed by atoms with Crippen molar-refractivity contribution in [3.8, 4) is 0 Å². The highest BCUT2D eigenvalue weighted by atomic mass is 16.2. The van der Waals surface area contributed by atoms with Crippen LogP contribution in [0.2, 0.25) is 0 Å². The fraction of sp³-hybridized carbons (Fsp3) is 0.290. The van der Waals surface area contributed by atoms with Gasteiger partial charge < -0.3 is 19.6 Å². The number of nitrogens with one attached hydrogen (secondary N) is 1. The van der Waals surface area contributed by atoms with E-state index < -0.39 is 0 Å². The van der Waals surface area contributed by atoms with Gasteiger partial charge in [-0.05, 0) is 48.4 Å². The summed E-state index contributed by atoms with van der Waals surface area (Å²) in [4.78, 5) is 38.8. The Kier molecular flexibility index (Phi) is 6.94. The van der Waals surface area contributed by atoms with Crippen molar-refractivity contribution >= 4 is 23.1 Å². The molecule has 4 heterocycles. The number of carbonyl (C=O) groups excluding carboxylic acids is 1. The Hall–Kier alpha value is -4.66. The number of likely N-dealkylation sites (N-methyl/N-ethyl adjacent to an activating group) is 1. The highest BCUT2D eigenvalue weighted by Gasteiger charge is 2.32. The van der Waals surface area contributed by atoms with Crippen LogP contribution in [0, 0.1) is 6.92 Å². The molecular formula is C31H33N7O2. The number of anilines is 3. The molecule has 1 fully saturated rings. The van der Waals surface area contributed by atoms with E-state index in [0.717, 1.165) is 30.3 Å². The second-order valence-electron chi connectivity index (χ2n) is 10.4. The average Bonchev–Trinajstić information content (AvgIpc) is 3.36. The van der Waals surface area contributed by atoms with E-state index in [9.17, 15) is 9.59 Å². The summed E-state index contributed by atoms with van der Waals surface area (Å²) in [5, 5.41) is 6.62. The summed E-state index contributed by atoms with van der Waals surface area (Å²) in [6, 6.07) is 22.2. The van der Waals surface area contributed by atoms with E-state index in [1.807, 2.05) is 54.3 Å². The molecule has 2 aromatic heterocycles. The van der Waals surface area contributed by atoms with Crippen molar-refractivity contribution in [1.82, 2.24) is 20.1 Å². The fourth-order valence-corrected chi connectivity index (χ4v) is 5.76. The third-order valence-electron chi connectivity index (χ3n) is 8.04. The Labute approximate surface area is 233 Å². The number of benzene rings is 2. The minimum atomic E-state index is -0.173. The van der Waals surface area contributed by atoms with Gasteiger partial charge in [0, 0.05) is 69.3 Å². The van der Waals surface area contributed by atoms with Crippen molar-refractivity contribution < 1.29 is 4.79 Å². The fourth-order valence-electron chi connectivity index (χ4n) is 5.76. The molecule has 0 saturated carbocycles. The molecule has 0 radical (unpaired) electrons. The number of aromatic amines is 1. The molecule has 1 N–H and O–H groups in total. The molecule has 204 valence electrons. The number of fused-ring (bicyclic) bond motifs is 1. The molecule has 9 heteroatoms. The summed E-state index contributed by atoms with van der Waals surface area (Å²) < 4.78 is 0. The maximum Gasteiger partial charge on any atom is 0.269 e. The van der Waals surface area contributed by atoms with Gasteiger partial charge in [-0.3, -0.25) is 9.59 Å². The summed E-state index contributed by atoms with van der Waals surface area (Å²) in [5.41, 5.74) is 5.48. The van der Waals surface area contributed by atoms with E-state index in [2.05, 4.69) is 61.2 Å². The number of hydrogen-bond donors (Lipinski definition) is 1. The van der Waals surface area contributed by atoms with Crippen molar-refractivity contribution in [1.29, 1.82) is 0 Å². The van der Waals surface area contributed by atoms with Crippen LogP contribution in [0.1, 0.15) is 33.1 Å². The monoisotopic (exact) mass is 535 g/mol. The lowest BCUT2D eigenvalue weighted by molar-refractivity contribution is 0.0746. The summed E-state index contributed by atoms with van der Waals surface area (Å²) in [6.45, 7) is 6.07. The van der Waals surface area contributed by atoms with Gasteiger partial charge in [0.2, 0.25) is 0 Å². The highest BCUT2D eigenvalue weighted by Crippen LogP contribution is 2.38. The smallest absolute Gasteiger partial charge is 0.269 e. The molecular weight excluding hydrogens is 502 g/mol. The number of piperazine rings is 1. The van der Waals surface area contributed by atoms with Gasteiger partial charge in [-0.15, -0.1) is 0 Å². The first kappa shape index (κ1) is 25.6. The molecule has 9 nitrogen and oxygen atoms in total. The van der Waals surface area contributed by atoms with Crippen LogP contribution in [0.5, 0.6) is 0 Å². The number of carbonyl (C=O) groups is 1. The first-order chi connectivity index (χ1) is 19.5. The summed E-state index contributed by atoms with van der Waals surface area (Å²) >= 11 is 0. The average molecular weight is 536 g/mol. The zero-order valence-electron chi connectivity index (χ0n) is 22.8. The van der Waals surface area contributed by atoms with E-state index in [1.54, 1.807) is 12.4 Å². The summed E-state index contributed by atoms with van der Waals surface area (Å²) in [5.74, 6) is 1.00. The molecule has 1 atom stereocenters. The third kappa shape index (κ3) is 4.90. The van der Waals surface area contributed by atoms with Gasteiger partial charge in [-0.2, -0.15) is 5.10 Å². The number of H-pyrrole nitrogens is 1. The number of rotatable bonds is 6. The van der Waals surface area contributed by atoms with Crippen LogP contribution in [0.4, 0.5) is 17.2 Å². The first-order valence-corrected chi connectivity index (χ1v) is 13.6. The predicted molar refractivity (Wildman–Crippen MR) is 157 cm³/mol. The minimum Gasteiger partial charge on any atom is -0.372 e. The van der Waals surface area contributed by atoms with Crippen LogP contribution in [-0.4, -0.2) is 65.8 Å². The van der Waals surface area contributed by atoms with Crippen LogP contribution < -0.4 is 20.3 Å². The predicted octanol–water partition coefficient (Wildman–Crippen LogP) is 3.63. The van der Waals surface area contributed by atoms with E-state index in [4.69, 9.17) is 0 Å². The van der Waals surface area contributed by atoms with Crippen molar-refractivity contribution in [2.75, 3.05) is 54.5 Å². The number of aromatic nitrogens is 3. The van der Waals surface area contributed by atoms with Gasteiger partial charge in [-0.25, -0.2) is 10.1 Å². The van der Waals surface area contributed by atoms with Gasteiger partial charge in [0.05, 0.1) is 17.9 Å². The topological polar surface area (TPSA) is 88.7 Å². The Balaban J connectivity index is 1.19. The Morgan fingerprint density at radius 2 is 1.82 bits per heavy atom. The van der Waals surface area contributed by atoms with E-state index in [-0.39, 0.29) is 17.5 Å². The number of pyridine rings is 1. The normalized spacial score (nSPS) is 16.6. The second-order valence-corrected chi connectivity index (χ2v) is 10.4. The Morgan fingerprint density at radius 1 is 1.02 bits per heavy atom. The molecule has 2 aliphatic heterocycles. The zero-order valence-corrected chi connectivity index (χ0v) is 22.8. The first-order valence-electron chi connectivity index (χ1n) is 13.6. The standard InChI is InChI=1S/C31H33N7O2/c1-22-27(19-33-34-30(22)39)38-20-24-8-3-4-11-26(24)28(38)21-35(2)25-10-7-9-23(18-25)31(40)37-16-14-36(15-17-37)29-12-5-6-13-32-29/h3-13,18-19,28H,14-17,20-21H2,1-2H3,(H,34,39). The van der Waals surface area contributed by atoms with Gasteiger partial charge in [-0.1, -0.05) is 36.4 Å². The molecule has 4 aromatic rings. The van der Waals surface area contributed by atoms with Crippen molar-refractivity contribution in [3.05, 3.63) is 112 Å². The largest absolute Gasteiger partial charge is 0.372 e. The summed E-state index contributed by atoms with van der Waals surface area (Å²) in [7, 11) is 2.05. The summed E-state index contributed by atoms with van der Waals surface area (Å²) in [6.07, 6.45) is 3.54. The molecule has 1 amide bonds. The van der Waals surface area contributed by atoms with Gasteiger partial charge >= 0.3 is 0 Å². The zero-order chi connectivity index (χ0) is 27.6. The Morgan fingerprint density at radius 3 is 2.62 bits per heavy atom. The number of nitrogens with zero attached hydrogens (tertiary/aromatic N) is 6. The van der Waals surface area contributed by atoms with Crippen LogP contribution in [0.25, 0.3) is 0 Å². The molecule has 1 unspecified atom stereocenters. The highest BCUT2D eigenvalue weighted by molar-refractivity contribution is 5.95. The number of hydrogen-bond acceptors (Lipinski definition) is 7. The van der Waals surface area contributed by atoms with E-state index in [1.165, 1.54) is 11.1 Å². The molecule has 1 saturated heterocycles. The van der Waals surface area contributed by atoms with Crippen LogP contribution in [-0.2, 0) is 6.54 Å². The molecule has 0 spiro atoms. The quantitative estimate of drug-likeness (QED) is 0.403. The van der Waals surface area contributed by atoms with Crippen molar-refractivity contribution in [3.63, 3.8) is 0 Å². The van der Waals surface area contributed by atoms with Gasteiger partial charge in [0.1, 0.15) is 5.82 Å². The molecule has 0 aliphatic carbocycles. The molecule has 2 aliphatic rings. The maximum atomic E-state index is 13.5. The van der Waals surface area contributed by atoms with Crippen LogP contribution >= 0.6 is 0 Å². The maximum absolute atomic E-state index is 13.5. The van der Waals surface area contributed by atoms with Crippen molar-refractivity contribution in [2.45, 2.75) is 19.5 Å². The lowest BCUT2D eigenvalue weighted by Gasteiger charge is -2.35. The second kappa shape index (κ2) is 10.8. The Bertz CT molecular complexity index is 1560. The molecule has 6 rings (SSSR count). The lowest BCUT2D eigenvalue weighted by Crippen LogP contribution is -2.49. The number of amides is 1. The molecule has 0 bridgehead atoms. The van der Waals surface area contributed by atoms with E-state index in [0.29, 0.717) is 37.3 Å². The van der Waals surface area contributed by atoms with E-state index >= 15 is 0 Å². The van der Waals surface area contributed by atoms with Crippen molar-refractivity contribution in [2.24, 2.45) is 0 Å². The third-order valence-corrected chi connectivity index (χ3v) is 8.04. The van der Waals surface area contributed by atoms with Gasteiger partial charge in [0.15, 0.2) is 0 Å². The van der Waals surface area contributed by atoms with Crippen LogP contribution in [0.15, 0.2) is 83.9 Å².